The van der Waals surface area contributed by atoms with Gasteiger partial charge in [-0.3, -0.25) is 0 Å². The summed E-state index contributed by atoms with van der Waals surface area (Å²) in [6.07, 6.45) is 0.691. The predicted molar refractivity (Wildman–Crippen MR) is 104 cm³/mol. The molecule has 0 saturated carbocycles. The van der Waals surface area contributed by atoms with Gasteiger partial charge >= 0.3 is 6.03 Å². The zero-order chi connectivity index (χ0) is 17.8. The van der Waals surface area contributed by atoms with Crippen molar-refractivity contribution in [1.82, 2.24) is 5.01 Å². The average molecular weight is 341 g/mol. The van der Waals surface area contributed by atoms with Crippen LogP contribution in [0.1, 0.15) is 23.6 Å². The number of carbonyl (C=O) groups excluding carboxylic acids is 1. The summed E-state index contributed by atoms with van der Waals surface area (Å²) in [6, 6.07) is 29.2. The number of nitrogens with zero attached hydrogens (tertiary/aromatic N) is 2. The second-order valence-electron chi connectivity index (χ2n) is 6.18. The summed E-state index contributed by atoms with van der Waals surface area (Å²) >= 11 is 0. The molecule has 0 radical (unpaired) electrons. The van der Waals surface area contributed by atoms with Crippen LogP contribution in [0.2, 0.25) is 0 Å². The van der Waals surface area contributed by atoms with E-state index in [2.05, 4.69) is 10.4 Å². The number of rotatable bonds is 3. The van der Waals surface area contributed by atoms with E-state index in [0.717, 1.165) is 22.5 Å². The van der Waals surface area contributed by atoms with Gasteiger partial charge in [0.25, 0.3) is 0 Å². The number of hydrogen-bond acceptors (Lipinski definition) is 2. The number of amides is 2. The highest BCUT2D eigenvalue weighted by atomic mass is 16.2. The van der Waals surface area contributed by atoms with Crippen LogP contribution in [0, 0.1) is 0 Å². The van der Waals surface area contributed by atoms with Crippen molar-refractivity contribution in [1.29, 1.82) is 0 Å². The fraction of sp³-hybridized carbons (Fsp3) is 0.0909. The van der Waals surface area contributed by atoms with Gasteiger partial charge in [0.1, 0.15) is 0 Å². The second kappa shape index (κ2) is 7.23. The molecule has 1 N–H and O–H groups in total. The standard InChI is InChI=1S/C22H19N3O/c26-22(23-19-14-8-3-9-15-19)25-21(18-12-6-2-7-13-18)16-20(24-25)17-10-4-1-5-11-17/h1-15,21H,16H2,(H,23,26)/t21-/m0/s1. The van der Waals surface area contributed by atoms with Gasteiger partial charge in [0.05, 0.1) is 11.8 Å². The van der Waals surface area contributed by atoms with Crippen molar-refractivity contribution in [3.8, 4) is 0 Å². The fourth-order valence-corrected chi connectivity index (χ4v) is 3.14. The lowest BCUT2D eigenvalue weighted by Gasteiger charge is -2.22. The molecule has 4 heteroatoms. The average Bonchev–Trinajstić information content (AvgIpc) is 3.16. The van der Waals surface area contributed by atoms with E-state index in [9.17, 15) is 4.79 Å². The Bertz CT molecular complexity index is 908. The van der Waals surface area contributed by atoms with Gasteiger partial charge in [-0.1, -0.05) is 78.9 Å². The van der Waals surface area contributed by atoms with E-state index < -0.39 is 0 Å². The minimum Gasteiger partial charge on any atom is -0.306 e. The van der Waals surface area contributed by atoms with Crippen LogP contribution in [0.4, 0.5) is 10.5 Å². The van der Waals surface area contributed by atoms with E-state index in [4.69, 9.17) is 0 Å². The first-order chi connectivity index (χ1) is 12.8. The first-order valence-electron chi connectivity index (χ1n) is 8.64. The molecule has 2 amide bonds. The lowest BCUT2D eigenvalue weighted by atomic mass is 9.99. The number of nitrogens with one attached hydrogen (secondary N) is 1. The fourth-order valence-electron chi connectivity index (χ4n) is 3.14. The van der Waals surface area contributed by atoms with Gasteiger partial charge in [0.15, 0.2) is 0 Å². The third kappa shape index (κ3) is 3.35. The topological polar surface area (TPSA) is 44.7 Å². The molecule has 0 saturated heterocycles. The zero-order valence-corrected chi connectivity index (χ0v) is 14.2. The molecule has 26 heavy (non-hydrogen) atoms. The molecule has 1 aliphatic heterocycles. The Hall–Kier alpha value is -3.40. The summed E-state index contributed by atoms with van der Waals surface area (Å²) in [6.45, 7) is 0. The summed E-state index contributed by atoms with van der Waals surface area (Å²) < 4.78 is 0. The van der Waals surface area contributed by atoms with Crippen molar-refractivity contribution in [2.24, 2.45) is 5.10 Å². The molecular formula is C22H19N3O. The van der Waals surface area contributed by atoms with Crippen molar-refractivity contribution >= 4 is 17.4 Å². The molecule has 4 rings (SSSR count). The molecule has 0 unspecified atom stereocenters. The highest BCUT2D eigenvalue weighted by Gasteiger charge is 2.33. The van der Waals surface area contributed by atoms with E-state index in [-0.39, 0.29) is 12.1 Å². The number of benzene rings is 3. The second-order valence-corrected chi connectivity index (χ2v) is 6.18. The molecule has 128 valence electrons. The summed E-state index contributed by atoms with van der Waals surface area (Å²) in [4.78, 5) is 12.9. The maximum absolute atomic E-state index is 12.9. The van der Waals surface area contributed by atoms with Gasteiger partial charge in [0.2, 0.25) is 0 Å². The first-order valence-corrected chi connectivity index (χ1v) is 8.64. The summed E-state index contributed by atoms with van der Waals surface area (Å²) in [5.41, 5.74) is 3.80. The van der Waals surface area contributed by atoms with Crippen LogP contribution in [0.15, 0.2) is 96.1 Å². The van der Waals surface area contributed by atoms with Crippen LogP contribution >= 0.6 is 0 Å². The number of carbonyl (C=O) groups is 1. The maximum Gasteiger partial charge on any atom is 0.342 e. The molecule has 3 aromatic carbocycles. The normalized spacial score (nSPS) is 16.2. The van der Waals surface area contributed by atoms with Crippen LogP contribution in [-0.4, -0.2) is 16.8 Å². The highest BCUT2D eigenvalue weighted by molar-refractivity contribution is 6.04. The predicted octanol–water partition coefficient (Wildman–Crippen LogP) is 5.07. The van der Waals surface area contributed by atoms with Gasteiger partial charge in [0, 0.05) is 12.1 Å². The van der Waals surface area contributed by atoms with Gasteiger partial charge in [-0.15, -0.1) is 0 Å². The van der Waals surface area contributed by atoms with Gasteiger partial charge in [-0.05, 0) is 23.3 Å². The van der Waals surface area contributed by atoms with Gasteiger partial charge in [-0.25, -0.2) is 9.80 Å². The third-order valence-corrected chi connectivity index (χ3v) is 4.43. The molecule has 0 spiro atoms. The molecule has 0 aromatic heterocycles. The van der Waals surface area contributed by atoms with E-state index in [1.54, 1.807) is 5.01 Å². The lowest BCUT2D eigenvalue weighted by Crippen LogP contribution is -2.31. The summed E-state index contributed by atoms with van der Waals surface area (Å²) in [7, 11) is 0. The number of urea groups is 1. The summed E-state index contributed by atoms with van der Waals surface area (Å²) in [5.74, 6) is 0. The largest absolute Gasteiger partial charge is 0.342 e. The van der Waals surface area contributed by atoms with E-state index >= 15 is 0 Å². The van der Waals surface area contributed by atoms with Crippen molar-refractivity contribution in [3.63, 3.8) is 0 Å². The lowest BCUT2D eigenvalue weighted by molar-refractivity contribution is 0.200. The minimum absolute atomic E-state index is 0.116. The molecule has 0 aliphatic carbocycles. The molecule has 3 aromatic rings. The molecule has 4 nitrogen and oxygen atoms in total. The number of hydrogen-bond donors (Lipinski definition) is 1. The van der Waals surface area contributed by atoms with Crippen LogP contribution in [0.25, 0.3) is 0 Å². The Morgan fingerprint density at radius 1 is 0.846 bits per heavy atom. The van der Waals surface area contributed by atoms with Gasteiger partial charge in [-0.2, -0.15) is 5.10 Å². The van der Waals surface area contributed by atoms with E-state index in [1.165, 1.54) is 0 Å². The van der Waals surface area contributed by atoms with Crippen LogP contribution in [0.5, 0.6) is 0 Å². The molecule has 1 heterocycles. The maximum atomic E-state index is 12.9. The first kappa shape index (κ1) is 16.1. The Labute approximate surface area is 152 Å². The number of anilines is 1. The highest BCUT2D eigenvalue weighted by Crippen LogP contribution is 2.33. The Morgan fingerprint density at radius 3 is 2.08 bits per heavy atom. The van der Waals surface area contributed by atoms with E-state index in [1.807, 2.05) is 91.0 Å². The van der Waals surface area contributed by atoms with Crippen molar-refractivity contribution in [2.45, 2.75) is 12.5 Å². The van der Waals surface area contributed by atoms with E-state index in [0.29, 0.717) is 6.42 Å². The molecule has 0 fully saturated rings. The third-order valence-electron chi connectivity index (χ3n) is 4.43. The number of hydrazone groups is 1. The Balaban J connectivity index is 1.65. The minimum atomic E-state index is -0.226. The van der Waals surface area contributed by atoms with Crippen molar-refractivity contribution in [2.75, 3.05) is 5.32 Å². The quantitative estimate of drug-likeness (QED) is 0.710. The molecule has 1 atom stereocenters. The molecule has 0 bridgehead atoms. The monoisotopic (exact) mass is 341 g/mol. The van der Waals surface area contributed by atoms with Crippen LogP contribution < -0.4 is 5.32 Å². The van der Waals surface area contributed by atoms with Gasteiger partial charge < -0.3 is 5.32 Å². The van der Waals surface area contributed by atoms with Crippen LogP contribution in [-0.2, 0) is 0 Å². The smallest absolute Gasteiger partial charge is 0.306 e. The zero-order valence-electron chi connectivity index (χ0n) is 14.2. The van der Waals surface area contributed by atoms with Crippen molar-refractivity contribution in [3.05, 3.63) is 102 Å². The van der Waals surface area contributed by atoms with Crippen molar-refractivity contribution < 1.29 is 4.79 Å². The summed E-state index contributed by atoms with van der Waals surface area (Å²) in [5, 5.41) is 9.15. The van der Waals surface area contributed by atoms with Crippen LogP contribution in [0.3, 0.4) is 0 Å². The Morgan fingerprint density at radius 2 is 1.42 bits per heavy atom. The SMILES string of the molecule is O=C(Nc1ccccc1)N1N=C(c2ccccc2)C[C@H]1c1ccccc1. The molecule has 1 aliphatic rings. The Kier molecular flexibility index (Phi) is 4.48. The molecular weight excluding hydrogens is 322 g/mol. The number of para-hydroxylation sites is 1.